The first-order chi connectivity index (χ1) is 13.1. The van der Waals surface area contributed by atoms with E-state index in [1.54, 1.807) is 29.9 Å². The fraction of sp³-hybridized carbons (Fsp3) is 0.400. The number of carbonyl (C=O) groups excluding carboxylic acids is 1. The molecule has 1 aromatic carbocycles. The molecule has 7 heteroatoms. The number of hydrogen-bond donors (Lipinski definition) is 1. The highest BCUT2D eigenvalue weighted by Crippen LogP contribution is 2.31. The van der Waals surface area contributed by atoms with E-state index in [1.165, 1.54) is 13.2 Å². The van der Waals surface area contributed by atoms with Crippen molar-refractivity contribution in [3.8, 4) is 17.2 Å². The van der Waals surface area contributed by atoms with Gasteiger partial charge in [-0.2, -0.15) is 0 Å². The van der Waals surface area contributed by atoms with Gasteiger partial charge < -0.3 is 24.1 Å². The van der Waals surface area contributed by atoms with Crippen molar-refractivity contribution in [1.82, 2.24) is 4.57 Å². The van der Waals surface area contributed by atoms with Crippen LogP contribution in [0.1, 0.15) is 35.8 Å². The molecular weight excluding hydrogens is 348 g/mol. The summed E-state index contributed by atoms with van der Waals surface area (Å²) in [5.41, 5.74) is 1.60. The summed E-state index contributed by atoms with van der Waals surface area (Å²) in [7, 11) is 3.09. The second kappa shape index (κ2) is 8.16. The van der Waals surface area contributed by atoms with Crippen LogP contribution in [0, 0.1) is 0 Å². The summed E-state index contributed by atoms with van der Waals surface area (Å²) in [5.74, 6) is 1.12. The maximum absolute atomic E-state index is 13.1. The Bertz CT molecular complexity index is 904. The van der Waals surface area contributed by atoms with Crippen molar-refractivity contribution in [2.24, 2.45) is 0 Å². The van der Waals surface area contributed by atoms with Crippen LogP contribution in [0.2, 0.25) is 0 Å². The van der Waals surface area contributed by atoms with Crippen molar-refractivity contribution in [3.05, 3.63) is 45.9 Å². The lowest BCUT2D eigenvalue weighted by Gasteiger charge is -2.23. The monoisotopic (exact) mass is 372 g/mol. The lowest BCUT2D eigenvalue weighted by molar-refractivity contribution is 0.102. The van der Waals surface area contributed by atoms with Crippen molar-refractivity contribution in [2.45, 2.75) is 32.7 Å². The number of carbonyl (C=O) groups is 1. The Balaban J connectivity index is 2.00. The number of hydrogen-bond acceptors (Lipinski definition) is 5. The van der Waals surface area contributed by atoms with E-state index in [0.29, 0.717) is 48.1 Å². The van der Waals surface area contributed by atoms with Crippen molar-refractivity contribution in [2.75, 3.05) is 26.1 Å². The van der Waals surface area contributed by atoms with Gasteiger partial charge in [-0.15, -0.1) is 0 Å². The molecule has 0 atom stereocenters. The van der Waals surface area contributed by atoms with E-state index < -0.39 is 0 Å². The number of pyridine rings is 1. The van der Waals surface area contributed by atoms with E-state index in [9.17, 15) is 9.59 Å². The van der Waals surface area contributed by atoms with Crippen LogP contribution >= 0.6 is 0 Å². The second-order valence-corrected chi connectivity index (χ2v) is 6.23. The number of methoxy groups -OCH3 is 2. The van der Waals surface area contributed by atoms with Crippen LogP contribution in [0.3, 0.4) is 0 Å². The Labute approximate surface area is 157 Å². The van der Waals surface area contributed by atoms with E-state index in [1.807, 2.05) is 6.92 Å². The highest BCUT2D eigenvalue weighted by Gasteiger charge is 2.24. The van der Waals surface area contributed by atoms with Crippen molar-refractivity contribution in [3.63, 3.8) is 0 Å². The molecule has 0 aliphatic carbocycles. The van der Waals surface area contributed by atoms with Crippen LogP contribution < -0.4 is 25.1 Å². The first kappa shape index (κ1) is 18.8. The summed E-state index contributed by atoms with van der Waals surface area (Å²) >= 11 is 0. The molecule has 3 rings (SSSR count). The maximum atomic E-state index is 13.1. The summed E-state index contributed by atoms with van der Waals surface area (Å²) in [4.78, 5) is 25.4. The normalized spacial score (nSPS) is 12.9. The van der Waals surface area contributed by atoms with Crippen LogP contribution in [0.25, 0.3) is 0 Å². The summed E-state index contributed by atoms with van der Waals surface area (Å²) in [6.45, 7) is 2.82. The number of nitrogens with zero attached hydrogens (tertiary/aromatic N) is 1. The number of anilines is 1. The lowest BCUT2D eigenvalue weighted by atomic mass is 10.0. The largest absolute Gasteiger partial charge is 0.493 e. The van der Waals surface area contributed by atoms with Gasteiger partial charge in [0.15, 0.2) is 11.5 Å². The second-order valence-electron chi connectivity index (χ2n) is 6.23. The predicted octanol–water partition coefficient (Wildman–Crippen LogP) is 2.85. The molecule has 1 aliphatic heterocycles. The molecule has 27 heavy (non-hydrogen) atoms. The third-order valence-electron chi connectivity index (χ3n) is 4.60. The number of aromatic nitrogens is 1. The Morgan fingerprint density at radius 3 is 2.59 bits per heavy atom. The molecule has 1 aliphatic rings. The Morgan fingerprint density at radius 2 is 1.89 bits per heavy atom. The average molecular weight is 372 g/mol. The minimum absolute atomic E-state index is 0.129. The average Bonchev–Trinajstić information content (AvgIpc) is 2.68. The number of rotatable bonds is 6. The minimum Gasteiger partial charge on any atom is -0.493 e. The highest BCUT2D eigenvalue weighted by atomic mass is 16.5. The highest BCUT2D eigenvalue weighted by molar-refractivity contribution is 6.07. The number of fused-ring (bicyclic) bond motifs is 1. The zero-order chi connectivity index (χ0) is 19.4. The van der Waals surface area contributed by atoms with E-state index >= 15 is 0 Å². The number of ether oxygens (including phenoxy) is 3. The first-order valence-corrected chi connectivity index (χ1v) is 9.02. The summed E-state index contributed by atoms with van der Waals surface area (Å²) < 4.78 is 17.8. The van der Waals surface area contributed by atoms with E-state index in [2.05, 4.69) is 5.32 Å². The topological polar surface area (TPSA) is 78.8 Å². The molecule has 144 valence electrons. The Kier molecular flexibility index (Phi) is 5.69. The smallest absolute Gasteiger partial charge is 0.261 e. The zero-order valence-corrected chi connectivity index (χ0v) is 15.8. The van der Waals surface area contributed by atoms with Crippen molar-refractivity contribution >= 4 is 11.6 Å². The van der Waals surface area contributed by atoms with Gasteiger partial charge >= 0.3 is 0 Å². The minimum atomic E-state index is -0.309. The van der Waals surface area contributed by atoms with Gasteiger partial charge in [-0.25, -0.2) is 0 Å². The molecule has 2 aromatic rings. The van der Waals surface area contributed by atoms with Crippen LogP contribution in [-0.2, 0) is 13.0 Å². The van der Waals surface area contributed by atoms with E-state index in [-0.39, 0.29) is 11.5 Å². The molecule has 1 amide bonds. The first-order valence-electron chi connectivity index (χ1n) is 9.02. The summed E-state index contributed by atoms with van der Waals surface area (Å²) in [5, 5.41) is 2.88. The third-order valence-corrected chi connectivity index (χ3v) is 4.60. The van der Waals surface area contributed by atoms with Gasteiger partial charge in [0.05, 0.1) is 20.8 Å². The number of nitrogens with one attached hydrogen (secondary N) is 1. The molecule has 1 aromatic heterocycles. The fourth-order valence-electron chi connectivity index (χ4n) is 3.36. The zero-order valence-electron chi connectivity index (χ0n) is 15.8. The molecular formula is C20H24N2O5. The van der Waals surface area contributed by atoms with E-state index in [0.717, 1.165) is 18.5 Å². The quantitative estimate of drug-likeness (QED) is 0.844. The molecule has 0 fully saturated rings. The standard InChI is InChI=1S/C20H24N2O5/c1-4-27-17-12-18(23)22-10-6-5-7-14(22)19(17)20(24)21-13-8-9-15(25-2)16(11-13)26-3/h8-9,11-12H,4-7,10H2,1-3H3,(H,21,24). The molecule has 0 unspecified atom stereocenters. The number of benzene rings is 1. The van der Waals surface area contributed by atoms with Crippen molar-refractivity contribution in [1.29, 1.82) is 0 Å². The van der Waals surface area contributed by atoms with Crippen LogP contribution in [-0.4, -0.2) is 31.3 Å². The maximum Gasteiger partial charge on any atom is 0.261 e. The molecule has 0 saturated carbocycles. The molecule has 0 saturated heterocycles. The van der Waals surface area contributed by atoms with Crippen LogP contribution in [0.15, 0.2) is 29.1 Å². The molecule has 0 bridgehead atoms. The van der Waals surface area contributed by atoms with Crippen molar-refractivity contribution < 1.29 is 19.0 Å². The molecule has 0 spiro atoms. The van der Waals surface area contributed by atoms with Gasteiger partial charge in [-0.1, -0.05) is 0 Å². The van der Waals surface area contributed by atoms with E-state index in [4.69, 9.17) is 14.2 Å². The fourth-order valence-corrected chi connectivity index (χ4v) is 3.36. The number of amides is 1. The van der Waals surface area contributed by atoms with Gasteiger partial charge in [0.2, 0.25) is 0 Å². The summed E-state index contributed by atoms with van der Waals surface area (Å²) in [6, 6.07) is 6.56. The van der Waals surface area contributed by atoms with Gasteiger partial charge in [0.25, 0.3) is 11.5 Å². The molecule has 1 N–H and O–H groups in total. The molecule has 0 radical (unpaired) electrons. The summed E-state index contributed by atoms with van der Waals surface area (Å²) in [6.07, 6.45) is 2.54. The predicted molar refractivity (Wildman–Crippen MR) is 102 cm³/mol. The van der Waals surface area contributed by atoms with Gasteiger partial charge in [-0.05, 0) is 38.3 Å². The Morgan fingerprint density at radius 1 is 1.11 bits per heavy atom. The Hall–Kier alpha value is -2.96. The van der Waals surface area contributed by atoms with Crippen LogP contribution in [0.5, 0.6) is 17.2 Å². The van der Waals surface area contributed by atoms with Gasteiger partial charge in [-0.3, -0.25) is 9.59 Å². The van der Waals surface area contributed by atoms with Gasteiger partial charge in [0.1, 0.15) is 11.3 Å². The van der Waals surface area contributed by atoms with Gasteiger partial charge in [0, 0.05) is 30.1 Å². The SMILES string of the molecule is CCOc1cc(=O)n2c(c1C(=O)Nc1ccc(OC)c(OC)c1)CCCC2. The van der Waals surface area contributed by atoms with Crippen LogP contribution in [0.4, 0.5) is 5.69 Å². The third kappa shape index (κ3) is 3.77. The molecule has 2 heterocycles. The molecule has 7 nitrogen and oxygen atoms in total. The lowest BCUT2D eigenvalue weighted by Crippen LogP contribution is -2.31.